The highest BCUT2D eigenvalue weighted by atomic mass is 32.1. The second-order valence-corrected chi connectivity index (χ2v) is 6.45. The Kier molecular flexibility index (Phi) is 5.92. The molecule has 1 heterocycles. The zero-order valence-electron chi connectivity index (χ0n) is 14.1. The first-order valence-electron chi connectivity index (χ1n) is 7.42. The van der Waals surface area contributed by atoms with Crippen molar-refractivity contribution in [2.75, 3.05) is 19.0 Å². The highest BCUT2D eigenvalue weighted by molar-refractivity contribution is 7.16. The lowest BCUT2D eigenvalue weighted by atomic mass is 10.1. The quantitative estimate of drug-likeness (QED) is 0.812. The molecular formula is C17H20N2O4S. The second-order valence-electron chi connectivity index (χ2n) is 5.36. The second kappa shape index (κ2) is 7.92. The maximum absolute atomic E-state index is 12.0. The number of aryl methyl sites for hydroxylation is 3. The average molecular weight is 348 g/mol. The molecule has 1 aromatic carbocycles. The molecule has 2 rings (SSSR count). The van der Waals surface area contributed by atoms with E-state index in [1.807, 2.05) is 32.0 Å². The molecule has 0 aliphatic carbocycles. The number of hydrogen-bond acceptors (Lipinski definition) is 6. The van der Waals surface area contributed by atoms with Gasteiger partial charge in [-0.05, 0) is 44.0 Å². The molecule has 0 spiro atoms. The van der Waals surface area contributed by atoms with Crippen LogP contribution in [0.5, 0.6) is 5.75 Å². The number of hydrogen-bond donors (Lipinski definition) is 1. The minimum absolute atomic E-state index is 0.104. The molecule has 0 aliphatic rings. The molecule has 0 atom stereocenters. The van der Waals surface area contributed by atoms with Crippen molar-refractivity contribution in [1.29, 1.82) is 0 Å². The molecule has 2 aromatic rings. The number of carbonyl (C=O) groups excluding carboxylic acids is 2. The number of anilines is 1. The molecule has 0 fully saturated rings. The van der Waals surface area contributed by atoms with Crippen LogP contribution in [0, 0.1) is 20.8 Å². The highest BCUT2D eigenvalue weighted by Gasteiger charge is 2.14. The number of ether oxygens (including phenoxy) is 2. The summed E-state index contributed by atoms with van der Waals surface area (Å²) in [4.78, 5) is 28.3. The Labute approximate surface area is 144 Å². The molecule has 0 bridgehead atoms. The number of benzene rings is 1. The zero-order chi connectivity index (χ0) is 17.7. The van der Waals surface area contributed by atoms with E-state index >= 15 is 0 Å². The lowest BCUT2D eigenvalue weighted by molar-refractivity contribution is -0.139. The minimum Gasteiger partial charge on any atom is -0.484 e. The van der Waals surface area contributed by atoms with Gasteiger partial charge in [0.2, 0.25) is 0 Å². The van der Waals surface area contributed by atoms with Gasteiger partial charge >= 0.3 is 5.97 Å². The van der Waals surface area contributed by atoms with Gasteiger partial charge in [-0.15, -0.1) is 11.3 Å². The average Bonchev–Trinajstić information content (AvgIpc) is 2.87. The summed E-state index contributed by atoms with van der Waals surface area (Å²) in [6, 6.07) is 5.67. The topological polar surface area (TPSA) is 77.5 Å². The van der Waals surface area contributed by atoms with Crippen LogP contribution in [0.1, 0.15) is 21.7 Å². The van der Waals surface area contributed by atoms with E-state index in [9.17, 15) is 9.59 Å². The first-order valence-corrected chi connectivity index (χ1v) is 8.23. The van der Waals surface area contributed by atoms with E-state index < -0.39 is 0 Å². The van der Waals surface area contributed by atoms with Crippen molar-refractivity contribution in [1.82, 2.24) is 4.98 Å². The predicted octanol–water partition coefficient (Wildman–Crippen LogP) is 2.80. The van der Waals surface area contributed by atoms with E-state index in [1.54, 1.807) is 6.92 Å². The third-order valence-corrected chi connectivity index (χ3v) is 4.59. The molecule has 0 unspecified atom stereocenters. The van der Waals surface area contributed by atoms with Crippen LogP contribution in [0.15, 0.2) is 18.2 Å². The Morgan fingerprint density at radius 2 is 1.96 bits per heavy atom. The summed E-state index contributed by atoms with van der Waals surface area (Å²) in [5, 5.41) is 3.13. The molecule has 0 radical (unpaired) electrons. The minimum atomic E-state index is -0.335. The Morgan fingerprint density at radius 3 is 2.62 bits per heavy atom. The van der Waals surface area contributed by atoms with Crippen molar-refractivity contribution in [3.8, 4) is 5.75 Å². The highest BCUT2D eigenvalue weighted by Crippen LogP contribution is 2.23. The summed E-state index contributed by atoms with van der Waals surface area (Å²) in [6.45, 7) is 5.69. The van der Waals surface area contributed by atoms with Gasteiger partial charge in [-0.3, -0.25) is 14.9 Å². The van der Waals surface area contributed by atoms with Gasteiger partial charge in [0.15, 0.2) is 11.7 Å². The van der Waals surface area contributed by atoms with E-state index in [4.69, 9.17) is 4.74 Å². The first kappa shape index (κ1) is 17.9. The number of thiazole rings is 1. The van der Waals surface area contributed by atoms with Gasteiger partial charge < -0.3 is 9.47 Å². The van der Waals surface area contributed by atoms with E-state index in [1.165, 1.54) is 24.0 Å². The first-order chi connectivity index (χ1) is 11.4. The van der Waals surface area contributed by atoms with Crippen molar-refractivity contribution < 1.29 is 19.1 Å². The van der Waals surface area contributed by atoms with Crippen molar-refractivity contribution in [2.24, 2.45) is 0 Å². The number of nitrogens with zero attached hydrogens (tertiary/aromatic N) is 1. The summed E-state index contributed by atoms with van der Waals surface area (Å²) in [5.41, 5.74) is 2.98. The largest absolute Gasteiger partial charge is 0.484 e. The van der Waals surface area contributed by atoms with E-state index in [0.717, 1.165) is 10.4 Å². The number of amides is 1. The van der Waals surface area contributed by atoms with Gasteiger partial charge in [0.1, 0.15) is 5.75 Å². The van der Waals surface area contributed by atoms with Crippen LogP contribution in [-0.4, -0.2) is 30.6 Å². The fraction of sp³-hybridized carbons (Fsp3) is 0.353. The van der Waals surface area contributed by atoms with E-state index in [2.05, 4.69) is 15.0 Å². The number of methoxy groups -OCH3 is 1. The maximum Gasteiger partial charge on any atom is 0.310 e. The standard InChI is InChI=1S/C17H20N2O4S/c1-10-5-6-13(7-11(10)2)23-9-15(20)19-17-18-12(3)14(24-17)8-16(21)22-4/h5-7H,8-9H2,1-4H3,(H,18,19,20). The monoisotopic (exact) mass is 348 g/mol. The van der Waals surface area contributed by atoms with Crippen LogP contribution in [0.4, 0.5) is 5.13 Å². The summed E-state index contributed by atoms with van der Waals surface area (Å²) in [5.74, 6) is 0.0132. The molecule has 0 aliphatic heterocycles. The van der Waals surface area contributed by atoms with Crippen LogP contribution >= 0.6 is 11.3 Å². The summed E-state index contributed by atoms with van der Waals surface area (Å²) in [7, 11) is 1.34. The molecule has 0 saturated carbocycles. The lowest BCUT2D eigenvalue weighted by Gasteiger charge is -2.07. The van der Waals surface area contributed by atoms with Crippen molar-refractivity contribution in [3.05, 3.63) is 39.9 Å². The Balaban J connectivity index is 1.91. The van der Waals surface area contributed by atoms with Crippen LogP contribution in [0.3, 0.4) is 0 Å². The van der Waals surface area contributed by atoms with Gasteiger partial charge in [0.25, 0.3) is 5.91 Å². The smallest absolute Gasteiger partial charge is 0.310 e. The van der Waals surface area contributed by atoms with Crippen molar-refractivity contribution >= 4 is 28.3 Å². The van der Waals surface area contributed by atoms with Crippen LogP contribution in [0.25, 0.3) is 0 Å². The SMILES string of the molecule is COC(=O)Cc1sc(NC(=O)COc2ccc(C)c(C)c2)nc1C. The molecule has 0 saturated heterocycles. The summed E-state index contributed by atoms with van der Waals surface area (Å²) in [6.07, 6.45) is 0.148. The van der Waals surface area contributed by atoms with Crippen molar-refractivity contribution in [2.45, 2.75) is 27.2 Å². The number of carbonyl (C=O) groups is 2. The molecule has 1 N–H and O–H groups in total. The van der Waals surface area contributed by atoms with E-state index in [0.29, 0.717) is 16.6 Å². The lowest BCUT2D eigenvalue weighted by Crippen LogP contribution is -2.20. The van der Waals surface area contributed by atoms with Gasteiger partial charge in [0, 0.05) is 4.88 Å². The fourth-order valence-corrected chi connectivity index (χ4v) is 2.92. The molecule has 128 valence electrons. The molecule has 1 aromatic heterocycles. The number of esters is 1. The third kappa shape index (κ3) is 4.79. The number of rotatable bonds is 6. The summed E-state index contributed by atoms with van der Waals surface area (Å²) < 4.78 is 10.1. The van der Waals surface area contributed by atoms with Crippen molar-refractivity contribution in [3.63, 3.8) is 0 Å². The molecule has 7 heteroatoms. The van der Waals surface area contributed by atoms with Crippen LogP contribution in [-0.2, 0) is 20.7 Å². The summed E-state index contributed by atoms with van der Waals surface area (Å²) >= 11 is 1.26. The molecular weight excluding hydrogens is 328 g/mol. The maximum atomic E-state index is 12.0. The molecule has 1 amide bonds. The normalized spacial score (nSPS) is 10.3. The zero-order valence-corrected chi connectivity index (χ0v) is 15.0. The molecule has 24 heavy (non-hydrogen) atoms. The fourth-order valence-electron chi connectivity index (χ4n) is 1.96. The van der Waals surface area contributed by atoms with Gasteiger partial charge in [0.05, 0.1) is 19.2 Å². The van der Waals surface area contributed by atoms with Gasteiger partial charge in [-0.25, -0.2) is 4.98 Å². The third-order valence-electron chi connectivity index (χ3n) is 3.52. The Hall–Kier alpha value is -2.41. The van der Waals surface area contributed by atoms with Gasteiger partial charge in [-0.1, -0.05) is 6.07 Å². The van der Waals surface area contributed by atoms with Crippen LogP contribution in [0.2, 0.25) is 0 Å². The number of aromatic nitrogens is 1. The Morgan fingerprint density at radius 1 is 1.21 bits per heavy atom. The number of nitrogens with one attached hydrogen (secondary N) is 1. The van der Waals surface area contributed by atoms with Gasteiger partial charge in [-0.2, -0.15) is 0 Å². The molecule has 6 nitrogen and oxygen atoms in total. The van der Waals surface area contributed by atoms with E-state index in [-0.39, 0.29) is 24.9 Å². The Bertz CT molecular complexity index is 755. The predicted molar refractivity (Wildman–Crippen MR) is 92.6 cm³/mol. The van der Waals surface area contributed by atoms with Crippen LogP contribution < -0.4 is 10.1 Å².